The van der Waals surface area contributed by atoms with E-state index in [1.165, 1.54) is 6.92 Å². The van der Waals surface area contributed by atoms with Crippen LogP contribution in [0.2, 0.25) is 0 Å². The summed E-state index contributed by atoms with van der Waals surface area (Å²) < 4.78 is 37.3. The Morgan fingerprint density at radius 2 is 2.14 bits per heavy atom. The number of alkyl halides is 3. The molecule has 0 aliphatic rings. The molecule has 1 aromatic rings. The van der Waals surface area contributed by atoms with E-state index in [1.54, 1.807) is 0 Å². The van der Waals surface area contributed by atoms with Gasteiger partial charge < -0.3 is 5.11 Å². The highest BCUT2D eigenvalue weighted by Crippen LogP contribution is 2.34. The van der Waals surface area contributed by atoms with Gasteiger partial charge in [-0.25, -0.2) is 0 Å². The van der Waals surface area contributed by atoms with E-state index in [2.05, 4.69) is 4.98 Å². The average molecular weight is 205 g/mol. The third-order valence-electron chi connectivity index (χ3n) is 1.96. The molecule has 2 nitrogen and oxygen atoms in total. The third-order valence-corrected chi connectivity index (χ3v) is 1.96. The minimum absolute atomic E-state index is 0.0301. The fourth-order valence-corrected chi connectivity index (χ4v) is 1.16. The first-order valence-electron chi connectivity index (χ1n) is 4.08. The van der Waals surface area contributed by atoms with Crippen molar-refractivity contribution in [1.82, 2.24) is 4.98 Å². The van der Waals surface area contributed by atoms with Gasteiger partial charge in [-0.05, 0) is 11.6 Å². The molecule has 0 aromatic carbocycles. The number of rotatable bonds is 2. The van der Waals surface area contributed by atoms with Crippen molar-refractivity contribution in [1.29, 1.82) is 0 Å². The SMILES string of the molecule is C[C@H](CO)c1cnccc1C(F)(F)F. The normalized spacial score (nSPS) is 14.1. The molecule has 1 N–H and O–H groups in total. The predicted octanol–water partition coefficient (Wildman–Crippen LogP) is 2.20. The van der Waals surface area contributed by atoms with Gasteiger partial charge in [-0.15, -0.1) is 0 Å². The maximum atomic E-state index is 12.4. The lowest BCUT2D eigenvalue weighted by Gasteiger charge is -2.15. The van der Waals surface area contributed by atoms with E-state index < -0.39 is 17.7 Å². The largest absolute Gasteiger partial charge is 0.416 e. The summed E-state index contributed by atoms with van der Waals surface area (Å²) >= 11 is 0. The molecule has 0 fully saturated rings. The molecule has 5 heteroatoms. The summed E-state index contributed by atoms with van der Waals surface area (Å²) in [5.74, 6) is -0.555. The van der Waals surface area contributed by atoms with E-state index in [4.69, 9.17) is 5.11 Å². The maximum Gasteiger partial charge on any atom is 0.416 e. The highest BCUT2D eigenvalue weighted by molar-refractivity contribution is 5.29. The zero-order chi connectivity index (χ0) is 10.8. The molecule has 78 valence electrons. The Morgan fingerprint density at radius 3 is 2.64 bits per heavy atom. The van der Waals surface area contributed by atoms with Crippen molar-refractivity contribution in [2.75, 3.05) is 6.61 Å². The van der Waals surface area contributed by atoms with E-state index in [1.807, 2.05) is 0 Å². The predicted molar refractivity (Wildman–Crippen MR) is 44.7 cm³/mol. The van der Waals surface area contributed by atoms with Crippen molar-refractivity contribution in [2.24, 2.45) is 0 Å². The summed E-state index contributed by atoms with van der Waals surface area (Å²) in [5, 5.41) is 8.78. The Balaban J connectivity index is 3.16. The molecular weight excluding hydrogens is 195 g/mol. The lowest BCUT2D eigenvalue weighted by Crippen LogP contribution is -2.12. The van der Waals surface area contributed by atoms with Crippen molar-refractivity contribution in [3.63, 3.8) is 0 Å². The third kappa shape index (κ3) is 2.23. The van der Waals surface area contributed by atoms with Gasteiger partial charge in [-0.2, -0.15) is 13.2 Å². The number of aliphatic hydroxyl groups excluding tert-OH is 1. The minimum Gasteiger partial charge on any atom is -0.396 e. The van der Waals surface area contributed by atoms with Crippen LogP contribution in [0.25, 0.3) is 0 Å². The van der Waals surface area contributed by atoms with Crippen LogP contribution >= 0.6 is 0 Å². The molecule has 0 amide bonds. The van der Waals surface area contributed by atoms with Gasteiger partial charge in [0.2, 0.25) is 0 Å². The molecule has 0 saturated carbocycles. The smallest absolute Gasteiger partial charge is 0.396 e. The van der Waals surface area contributed by atoms with Gasteiger partial charge in [0, 0.05) is 24.9 Å². The van der Waals surface area contributed by atoms with E-state index in [9.17, 15) is 13.2 Å². The van der Waals surface area contributed by atoms with E-state index in [-0.39, 0.29) is 12.2 Å². The first kappa shape index (κ1) is 11.0. The standard InChI is InChI=1S/C9H10F3NO/c1-6(5-14)7-4-13-3-2-8(7)9(10,11)12/h2-4,6,14H,5H2,1H3/t6-/m1/s1. The highest BCUT2D eigenvalue weighted by atomic mass is 19.4. The Bertz CT molecular complexity index is 311. The van der Waals surface area contributed by atoms with Gasteiger partial charge in [0.05, 0.1) is 5.56 Å². The summed E-state index contributed by atoms with van der Waals surface area (Å²) in [6, 6.07) is 0.918. The van der Waals surface area contributed by atoms with Crippen molar-refractivity contribution in [3.05, 3.63) is 29.6 Å². The van der Waals surface area contributed by atoms with Gasteiger partial charge in [-0.1, -0.05) is 6.92 Å². The van der Waals surface area contributed by atoms with Crippen LogP contribution in [0, 0.1) is 0 Å². The number of hydrogen-bond acceptors (Lipinski definition) is 2. The van der Waals surface area contributed by atoms with Gasteiger partial charge in [0.25, 0.3) is 0 Å². The topological polar surface area (TPSA) is 33.1 Å². The van der Waals surface area contributed by atoms with Crippen LogP contribution in [0.1, 0.15) is 24.0 Å². The number of aliphatic hydroxyl groups is 1. The number of halogens is 3. The summed E-state index contributed by atoms with van der Waals surface area (Å²) in [5.41, 5.74) is -0.698. The van der Waals surface area contributed by atoms with Crippen molar-refractivity contribution in [3.8, 4) is 0 Å². The van der Waals surface area contributed by atoms with Gasteiger partial charge in [0.15, 0.2) is 0 Å². The summed E-state index contributed by atoms with van der Waals surface area (Å²) in [7, 11) is 0. The van der Waals surface area contributed by atoms with Crippen LogP contribution in [-0.4, -0.2) is 16.7 Å². The van der Waals surface area contributed by atoms with Gasteiger partial charge in [-0.3, -0.25) is 4.98 Å². The summed E-state index contributed by atoms with van der Waals surface area (Å²) in [4.78, 5) is 3.62. The summed E-state index contributed by atoms with van der Waals surface area (Å²) in [6.45, 7) is 1.20. The zero-order valence-corrected chi connectivity index (χ0v) is 7.54. The Labute approximate surface area is 79.4 Å². The lowest BCUT2D eigenvalue weighted by atomic mass is 9.98. The average Bonchev–Trinajstić information content (AvgIpc) is 2.15. The number of pyridine rings is 1. The monoisotopic (exact) mass is 205 g/mol. The Morgan fingerprint density at radius 1 is 1.50 bits per heavy atom. The van der Waals surface area contributed by atoms with Crippen LogP contribution < -0.4 is 0 Å². The van der Waals surface area contributed by atoms with Gasteiger partial charge in [0.1, 0.15) is 0 Å². The quantitative estimate of drug-likeness (QED) is 0.802. The molecule has 0 aliphatic carbocycles. The van der Waals surface area contributed by atoms with Gasteiger partial charge >= 0.3 is 6.18 Å². The second-order valence-corrected chi connectivity index (χ2v) is 3.04. The van der Waals surface area contributed by atoms with E-state index in [0.29, 0.717) is 0 Å². The second-order valence-electron chi connectivity index (χ2n) is 3.04. The Kier molecular flexibility index (Phi) is 3.10. The number of aromatic nitrogens is 1. The van der Waals surface area contributed by atoms with Crippen LogP contribution in [0.4, 0.5) is 13.2 Å². The zero-order valence-electron chi connectivity index (χ0n) is 7.54. The van der Waals surface area contributed by atoms with E-state index >= 15 is 0 Å². The minimum atomic E-state index is -4.39. The first-order valence-corrected chi connectivity index (χ1v) is 4.08. The number of hydrogen-bond donors (Lipinski definition) is 1. The summed E-state index contributed by atoms with van der Waals surface area (Å²) in [6.07, 6.45) is -2.15. The van der Waals surface area contributed by atoms with Crippen molar-refractivity contribution in [2.45, 2.75) is 19.0 Å². The van der Waals surface area contributed by atoms with Crippen molar-refractivity contribution >= 4 is 0 Å². The molecule has 14 heavy (non-hydrogen) atoms. The molecular formula is C9H10F3NO. The first-order chi connectivity index (χ1) is 6.46. The van der Waals surface area contributed by atoms with Crippen LogP contribution in [0.5, 0.6) is 0 Å². The maximum absolute atomic E-state index is 12.4. The molecule has 1 heterocycles. The van der Waals surface area contributed by atoms with Crippen LogP contribution in [0.3, 0.4) is 0 Å². The lowest BCUT2D eigenvalue weighted by molar-refractivity contribution is -0.138. The molecule has 0 saturated heterocycles. The molecule has 0 bridgehead atoms. The van der Waals surface area contributed by atoms with Crippen molar-refractivity contribution < 1.29 is 18.3 Å². The molecule has 1 atom stereocenters. The molecule has 1 rings (SSSR count). The van der Waals surface area contributed by atoms with Crippen LogP contribution in [-0.2, 0) is 6.18 Å². The van der Waals surface area contributed by atoms with Crippen LogP contribution in [0.15, 0.2) is 18.5 Å². The molecule has 0 unspecified atom stereocenters. The molecule has 1 aromatic heterocycles. The molecule has 0 aliphatic heterocycles. The fraction of sp³-hybridized carbons (Fsp3) is 0.444. The molecule has 0 radical (unpaired) electrons. The van der Waals surface area contributed by atoms with E-state index in [0.717, 1.165) is 18.5 Å². The Hall–Kier alpha value is -1.10. The molecule has 0 spiro atoms. The fourth-order valence-electron chi connectivity index (χ4n) is 1.16. The number of nitrogens with zero attached hydrogens (tertiary/aromatic N) is 1. The highest BCUT2D eigenvalue weighted by Gasteiger charge is 2.34. The second kappa shape index (κ2) is 3.96.